The zero-order chi connectivity index (χ0) is 13.9. The van der Waals surface area contributed by atoms with Crippen LogP contribution in [-0.2, 0) is 16.1 Å². The van der Waals surface area contributed by atoms with Gasteiger partial charge < -0.3 is 10.0 Å². The Morgan fingerprint density at radius 1 is 1.33 bits per heavy atom. The maximum absolute atomic E-state index is 13.4. The molecule has 0 aliphatic carbocycles. The van der Waals surface area contributed by atoms with Gasteiger partial charge in [0.1, 0.15) is 11.2 Å². The van der Waals surface area contributed by atoms with Gasteiger partial charge in [-0.05, 0) is 19.9 Å². The molecule has 1 aromatic rings. The Labute approximate surface area is 105 Å². The second-order valence-corrected chi connectivity index (χ2v) is 4.68. The van der Waals surface area contributed by atoms with Gasteiger partial charge >= 0.3 is 5.97 Å². The van der Waals surface area contributed by atoms with Crippen LogP contribution in [0.1, 0.15) is 19.4 Å². The molecule has 1 aromatic carbocycles. The highest BCUT2D eigenvalue weighted by molar-refractivity contribution is 6.00. The van der Waals surface area contributed by atoms with Crippen molar-refractivity contribution in [1.29, 1.82) is 0 Å². The molecule has 0 unspecified atom stereocenters. The highest BCUT2D eigenvalue weighted by Crippen LogP contribution is 2.20. The average molecular weight is 253 g/mol. The fourth-order valence-electron chi connectivity index (χ4n) is 1.52. The minimum atomic E-state index is -1.51. The molecule has 1 rings (SSSR count). The maximum Gasteiger partial charge on any atom is 0.318 e. The van der Waals surface area contributed by atoms with Gasteiger partial charge in [-0.1, -0.05) is 18.2 Å². The van der Waals surface area contributed by atoms with E-state index < -0.39 is 23.1 Å². The van der Waals surface area contributed by atoms with Crippen LogP contribution < -0.4 is 0 Å². The van der Waals surface area contributed by atoms with Crippen molar-refractivity contribution in [3.8, 4) is 0 Å². The molecule has 0 fully saturated rings. The largest absolute Gasteiger partial charge is 0.480 e. The third-order valence-electron chi connectivity index (χ3n) is 2.78. The van der Waals surface area contributed by atoms with Crippen LogP contribution in [0.3, 0.4) is 0 Å². The van der Waals surface area contributed by atoms with E-state index in [2.05, 4.69) is 0 Å². The molecule has 0 saturated carbocycles. The maximum atomic E-state index is 13.4. The summed E-state index contributed by atoms with van der Waals surface area (Å²) in [6.45, 7) is 2.70. The van der Waals surface area contributed by atoms with Gasteiger partial charge in [-0.15, -0.1) is 0 Å². The average Bonchev–Trinajstić information content (AvgIpc) is 2.30. The van der Waals surface area contributed by atoms with Crippen LogP contribution in [0.4, 0.5) is 4.39 Å². The topological polar surface area (TPSA) is 57.6 Å². The first-order chi connectivity index (χ1) is 8.26. The Hall–Kier alpha value is -1.91. The summed E-state index contributed by atoms with van der Waals surface area (Å²) in [5, 5.41) is 8.96. The zero-order valence-corrected chi connectivity index (χ0v) is 10.6. The van der Waals surface area contributed by atoms with E-state index in [1.807, 2.05) is 0 Å². The number of carboxylic acids is 1. The molecule has 0 aromatic heterocycles. The highest BCUT2D eigenvalue weighted by atomic mass is 19.1. The van der Waals surface area contributed by atoms with Gasteiger partial charge in [0.05, 0.1) is 0 Å². The Bertz CT molecular complexity index is 471. The third-order valence-corrected chi connectivity index (χ3v) is 2.78. The number of hydrogen-bond donors (Lipinski definition) is 1. The molecule has 0 spiro atoms. The van der Waals surface area contributed by atoms with Crippen LogP contribution in [0.5, 0.6) is 0 Å². The van der Waals surface area contributed by atoms with Crippen LogP contribution in [0.2, 0.25) is 0 Å². The van der Waals surface area contributed by atoms with Gasteiger partial charge in [0.2, 0.25) is 5.91 Å². The summed E-state index contributed by atoms with van der Waals surface area (Å²) in [5.41, 5.74) is -1.16. The van der Waals surface area contributed by atoms with Crippen molar-refractivity contribution in [3.05, 3.63) is 35.6 Å². The second-order valence-electron chi connectivity index (χ2n) is 4.68. The fourth-order valence-corrected chi connectivity index (χ4v) is 1.52. The number of hydrogen-bond acceptors (Lipinski definition) is 2. The van der Waals surface area contributed by atoms with E-state index in [1.54, 1.807) is 18.2 Å². The first kappa shape index (κ1) is 14.2. The minimum Gasteiger partial charge on any atom is -0.480 e. The molecule has 0 saturated heterocycles. The van der Waals surface area contributed by atoms with E-state index in [1.165, 1.54) is 31.9 Å². The molecule has 0 aliphatic heterocycles. The molecule has 1 N–H and O–H groups in total. The van der Waals surface area contributed by atoms with E-state index in [0.717, 1.165) is 0 Å². The molecule has 18 heavy (non-hydrogen) atoms. The fraction of sp³-hybridized carbons (Fsp3) is 0.385. The standard InChI is InChI=1S/C13H16FNO3/c1-13(2,12(17)18)11(16)15(3)8-9-6-4-5-7-10(9)14/h4-7H,8H2,1-3H3,(H,17,18). The van der Waals surface area contributed by atoms with Crippen molar-refractivity contribution >= 4 is 11.9 Å². The molecule has 0 aliphatic rings. The summed E-state index contributed by atoms with van der Waals surface area (Å²) in [7, 11) is 1.46. The Kier molecular flexibility index (Phi) is 4.06. The van der Waals surface area contributed by atoms with Gasteiger partial charge in [0, 0.05) is 19.2 Å². The van der Waals surface area contributed by atoms with E-state index in [-0.39, 0.29) is 6.54 Å². The normalized spacial score (nSPS) is 11.1. The molecular weight excluding hydrogens is 237 g/mol. The summed E-state index contributed by atoms with van der Waals surface area (Å²) in [6, 6.07) is 6.09. The number of carboxylic acid groups (broad SMARTS) is 1. The monoisotopic (exact) mass is 253 g/mol. The summed E-state index contributed by atoms with van der Waals surface area (Å²) in [5.74, 6) is -2.17. The van der Waals surface area contributed by atoms with Gasteiger partial charge in [0.25, 0.3) is 0 Å². The van der Waals surface area contributed by atoms with Crippen molar-refractivity contribution in [2.24, 2.45) is 5.41 Å². The first-order valence-corrected chi connectivity index (χ1v) is 5.49. The molecule has 0 bridgehead atoms. The summed E-state index contributed by atoms with van der Waals surface area (Å²) in [4.78, 5) is 24.1. The second kappa shape index (κ2) is 5.16. The third kappa shape index (κ3) is 2.85. The summed E-state index contributed by atoms with van der Waals surface area (Å²) >= 11 is 0. The first-order valence-electron chi connectivity index (χ1n) is 5.49. The van der Waals surface area contributed by atoms with E-state index in [0.29, 0.717) is 5.56 Å². The number of halogens is 1. The smallest absolute Gasteiger partial charge is 0.318 e. The van der Waals surface area contributed by atoms with Crippen LogP contribution >= 0.6 is 0 Å². The highest BCUT2D eigenvalue weighted by Gasteiger charge is 2.38. The number of nitrogens with zero attached hydrogens (tertiary/aromatic N) is 1. The molecule has 0 radical (unpaired) electrons. The molecule has 0 atom stereocenters. The Morgan fingerprint density at radius 3 is 2.39 bits per heavy atom. The summed E-state index contributed by atoms with van der Waals surface area (Å²) < 4.78 is 13.4. The predicted molar refractivity (Wildman–Crippen MR) is 64.3 cm³/mol. The zero-order valence-electron chi connectivity index (χ0n) is 10.6. The number of benzene rings is 1. The van der Waals surface area contributed by atoms with Crippen LogP contribution in [0.25, 0.3) is 0 Å². The lowest BCUT2D eigenvalue weighted by Gasteiger charge is -2.26. The number of carbonyl (C=O) groups is 2. The molecule has 1 amide bonds. The quantitative estimate of drug-likeness (QED) is 0.834. The van der Waals surface area contributed by atoms with Crippen molar-refractivity contribution in [2.75, 3.05) is 7.05 Å². The van der Waals surface area contributed by atoms with Crippen LogP contribution in [-0.4, -0.2) is 28.9 Å². The van der Waals surface area contributed by atoms with E-state index in [4.69, 9.17) is 5.11 Å². The number of rotatable bonds is 4. The Balaban J connectivity index is 2.84. The minimum absolute atomic E-state index is 0.0439. The summed E-state index contributed by atoms with van der Waals surface area (Å²) in [6.07, 6.45) is 0. The van der Waals surface area contributed by atoms with Crippen molar-refractivity contribution < 1.29 is 19.1 Å². The van der Waals surface area contributed by atoms with E-state index >= 15 is 0 Å². The molecule has 4 nitrogen and oxygen atoms in total. The molecule has 5 heteroatoms. The van der Waals surface area contributed by atoms with Crippen LogP contribution in [0, 0.1) is 11.2 Å². The van der Waals surface area contributed by atoms with Gasteiger partial charge in [-0.25, -0.2) is 4.39 Å². The molecule has 98 valence electrons. The van der Waals surface area contributed by atoms with Gasteiger partial charge in [-0.2, -0.15) is 0 Å². The number of amides is 1. The van der Waals surface area contributed by atoms with Crippen LogP contribution in [0.15, 0.2) is 24.3 Å². The lowest BCUT2D eigenvalue weighted by atomic mass is 9.92. The van der Waals surface area contributed by atoms with Gasteiger partial charge in [0.15, 0.2) is 0 Å². The van der Waals surface area contributed by atoms with Crippen molar-refractivity contribution in [2.45, 2.75) is 20.4 Å². The SMILES string of the molecule is CN(Cc1ccccc1F)C(=O)C(C)(C)C(=O)O. The molecule has 0 heterocycles. The van der Waals surface area contributed by atoms with Crippen molar-refractivity contribution in [3.63, 3.8) is 0 Å². The Morgan fingerprint density at radius 2 is 1.89 bits per heavy atom. The predicted octanol–water partition coefficient (Wildman–Crippen LogP) is 1.89. The van der Waals surface area contributed by atoms with Gasteiger partial charge in [-0.3, -0.25) is 9.59 Å². The number of carbonyl (C=O) groups excluding carboxylic acids is 1. The molecular formula is C13H16FNO3. The van der Waals surface area contributed by atoms with E-state index in [9.17, 15) is 14.0 Å². The lowest BCUT2D eigenvalue weighted by Crippen LogP contribution is -2.43. The number of aliphatic carboxylic acids is 1. The lowest BCUT2D eigenvalue weighted by molar-refractivity contribution is -0.157. The van der Waals surface area contributed by atoms with Crippen molar-refractivity contribution in [1.82, 2.24) is 4.90 Å².